The molecule has 34 heavy (non-hydrogen) atoms. The lowest BCUT2D eigenvalue weighted by molar-refractivity contribution is -0.387. The fourth-order valence-corrected chi connectivity index (χ4v) is 4.61. The lowest BCUT2D eigenvalue weighted by atomic mass is 10.0. The molecule has 0 unspecified atom stereocenters. The summed E-state index contributed by atoms with van der Waals surface area (Å²) < 4.78 is 0. The SMILES string of the molecule is Cc1ccc(N2C(=O)/C(=C/c3ccc(Sc4ccccn4)c([N+](=O)[O-])c3)C(=O)NC2=S)c(C)c1. The number of rotatable bonds is 5. The van der Waals surface area contributed by atoms with Gasteiger partial charge in [-0.15, -0.1) is 0 Å². The lowest BCUT2D eigenvalue weighted by Gasteiger charge is -2.30. The van der Waals surface area contributed by atoms with Gasteiger partial charge in [0.25, 0.3) is 17.5 Å². The molecule has 0 saturated carbocycles. The zero-order chi connectivity index (χ0) is 24.4. The molecular weight excluding hydrogens is 472 g/mol. The molecule has 0 bridgehead atoms. The van der Waals surface area contributed by atoms with E-state index in [1.54, 1.807) is 42.6 Å². The molecule has 0 aliphatic carbocycles. The highest BCUT2D eigenvalue weighted by Gasteiger charge is 2.35. The van der Waals surface area contributed by atoms with Crippen molar-refractivity contribution in [2.45, 2.75) is 23.8 Å². The number of nitro groups is 1. The second-order valence-corrected chi connectivity index (χ2v) is 8.95. The molecule has 1 saturated heterocycles. The number of hydrogen-bond acceptors (Lipinski definition) is 7. The second kappa shape index (κ2) is 9.54. The smallest absolute Gasteiger partial charge is 0.283 e. The number of benzene rings is 2. The Morgan fingerprint density at radius 3 is 2.59 bits per heavy atom. The summed E-state index contributed by atoms with van der Waals surface area (Å²) >= 11 is 6.41. The maximum absolute atomic E-state index is 13.3. The van der Waals surface area contributed by atoms with E-state index in [1.807, 2.05) is 26.0 Å². The maximum Gasteiger partial charge on any atom is 0.283 e. The van der Waals surface area contributed by atoms with Gasteiger partial charge in [0.1, 0.15) is 10.6 Å². The predicted molar refractivity (Wildman–Crippen MR) is 134 cm³/mol. The Morgan fingerprint density at radius 2 is 1.91 bits per heavy atom. The van der Waals surface area contributed by atoms with Crippen LogP contribution in [0.3, 0.4) is 0 Å². The third kappa shape index (κ3) is 4.73. The minimum atomic E-state index is -0.661. The number of thiocarbonyl (C=S) groups is 1. The van der Waals surface area contributed by atoms with Crippen molar-refractivity contribution >= 4 is 58.4 Å². The van der Waals surface area contributed by atoms with Gasteiger partial charge in [0.15, 0.2) is 5.11 Å². The van der Waals surface area contributed by atoms with Crippen LogP contribution < -0.4 is 10.2 Å². The second-order valence-electron chi connectivity index (χ2n) is 7.50. The van der Waals surface area contributed by atoms with Crippen LogP contribution in [-0.4, -0.2) is 26.8 Å². The van der Waals surface area contributed by atoms with Crippen LogP contribution in [0.25, 0.3) is 6.08 Å². The number of carbonyl (C=O) groups is 2. The molecule has 1 N–H and O–H groups in total. The molecule has 10 heteroatoms. The molecule has 2 heterocycles. The predicted octanol–water partition coefficient (Wildman–Crippen LogP) is 4.59. The van der Waals surface area contributed by atoms with E-state index in [9.17, 15) is 19.7 Å². The molecule has 2 amide bonds. The van der Waals surface area contributed by atoms with Crippen molar-refractivity contribution in [3.05, 3.63) is 93.2 Å². The zero-order valence-electron chi connectivity index (χ0n) is 18.1. The Bertz CT molecular complexity index is 1370. The summed E-state index contributed by atoms with van der Waals surface area (Å²) in [4.78, 5) is 42.9. The number of amides is 2. The Balaban J connectivity index is 1.71. The molecule has 4 rings (SSSR count). The standard InChI is InChI=1S/C24H18N4O4S2/c1-14-6-8-18(15(2)11-14)27-23(30)17(22(29)26-24(27)33)12-16-7-9-20(19(13-16)28(31)32)34-21-5-3-4-10-25-21/h3-13H,1-2H3,(H,26,29,33)/b17-12+. The summed E-state index contributed by atoms with van der Waals surface area (Å²) in [7, 11) is 0. The molecule has 170 valence electrons. The Morgan fingerprint density at radius 1 is 1.12 bits per heavy atom. The van der Waals surface area contributed by atoms with Gasteiger partial charge in [-0.3, -0.25) is 29.9 Å². The third-order valence-corrected chi connectivity index (χ3v) is 6.34. The van der Waals surface area contributed by atoms with Crippen LogP contribution in [0, 0.1) is 24.0 Å². The van der Waals surface area contributed by atoms with Crippen LogP contribution in [0.15, 0.2) is 76.3 Å². The van der Waals surface area contributed by atoms with Crippen molar-refractivity contribution in [2.75, 3.05) is 4.90 Å². The van der Waals surface area contributed by atoms with Gasteiger partial charge < -0.3 is 0 Å². The largest absolute Gasteiger partial charge is 0.298 e. The van der Waals surface area contributed by atoms with Crippen LogP contribution in [0.1, 0.15) is 16.7 Å². The van der Waals surface area contributed by atoms with Gasteiger partial charge in [0, 0.05) is 12.3 Å². The zero-order valence-corrected chi connectivity index (χ0v) is 19.8. The third-order valence-electron chi connectivity index (χ3n) is 5.04. The number of nitrogens with zero attached hydrogens (tertiary/aromatic N) is 3. The average Bonchev–Trinajstić information content (AvgIpc) is 2.79. The quantitative estimate of drug-likeness (QED) is 0.183. The first-order valence-corrected chi connectivity index (χ1v) is 11.3. The molecule has 2 aromatic carbocycles. The Labute approximate surface area is 204 Å². The van der Waals surface area contributed by atoms with Gasteiger partial charge in [-0.1, -0.05) is 41.6 Å². The van der Waals surface area contributed by atoms with E-state index in [0.717, 1.165) is 22.9 Å². The van der Waals surface area contributed by atoms with E-state index in [-0.39, 0.29) is 16.4 Å². The van der Waals surface area contributed by atoms with Crippen molar-refractivity contribution < 1.29 is 14.5 Å². The summed E-state index contributed by atoms with van der Waals surface area (Å²) in [5.41, 5.74) is 2.40. The van der Waals surface area contributed by atoms with Gasteiger partial charge in [0.05, 0.1) is 15.5 Å². The van der Waals surface area contributed by atoms with Gasteiger partial charge in [-0.25, -0.2) is 4.98 Å². The first kappa shape index (κ1) is 23.3. The summed E-state index contributed by atoms with van der Waals surface area (Å²) in [6, 6.07) is 15.3. The van der Waals surface area contributed by atoms with Crippen LogP contribution in [0.2, 0.25) is 0 Å². The van der Waals surface area contributed by atoms with E-state index in [1.165, 1.54) is 17.0 Å². The van der Waals surface area contributed by atoms with Crippen molar-refractivity contribution in [2.24, 2.45) is 0 Å². The number of pyridine rings is 1. The van der Waals surface area contributed by atoms with Crippen molar-refractivity contribution in [1.82, 2.24) is 10.3 Å². The van der Waals surface area contributed by atoms with Crippen molar-refractivity contribution in [3.63, 3.8) is 0 Å². The van der Waals surface area contributed by atoms with Gasteiger partial charge in [0.2, 0.25) is 0 Å². The van der Waals surface area contributed by atoms with Gasteiger partial charge in [-0.05, 0) is 67.5 Å². The first-order chi connectivity index (χ1) is 16.2. The molecule has 1 aromatic heterocycles. The highest BCUT2D eigenvalue weighted by molar-refractivity contribution is 7.99. The monoisotopic (exact) mass is 490 g/mol. The first-order valence-electron chi connectivity index (χ1n) is 10.1. The van der Waals surface area contributed by atoms with Gasteiger partial charge >= 0.3 is 0 Å². The molecule has 0 radical (unpaired) electrons. The number of hydrogen-bond donors (Lipinski definition) is 1. The molecular formula is C24H18N4O4S2. The van der Waals surface area contributed by atoms with Crippen LogP contribution in [0.5, 0.6) is 0 Å². The fraction of sp³-hybridized carbons (Fsp3) is 0.0833. The number of carbonyl (C=O) groups excluding carboxylic acids is 2. The van der Waals surface area contributed by atoms with E-state index < -0.39 is 16.7 Å². The van der Waals surface area contributed by atoms with E-state index in [0.29, 0.717) is 21.2 Å². The summed E-state index contributed by atoms with van der Waals surface area (Å²) in [5, 5.41) is 14.8. The average molecular weight is 491 g/mol. The summed E-state index contributed by atoms with van der Waals surface area (Å²) in [6.45, 7) is 3.78. The molecule has 8 nitrogen and oxygen atoms in total. The van der Waals surface area contributed by atoms with E-state index in [4.69, 9.17) is 12.2 Å². The Kier molecular flexibility index (Phi) is 6.53. The van der Waals surface area contributed by atoms with Crippen molar-refractivity contribution in [1.29, 1.82) is 0 Å². The van der Waals surface area contributed by atoms with E-state index >= 15 is 0 Å². The molecule has 3 aromatic rings. The summed E-state index contributed by atoms with van der Waals surface area (Å²) in [5.74, 6) is -1.26. The van der Waals surface area contributed by atoms with Crippen LogP contribution in [0.4, 0.5) is 11.4 Å². The van der Waals surface area contributed by atoms with Crippen molar-refractivity contribution in [3.8, 4) is 0 Å². The minimum Gasteiger partial charge on any atom is -0.298 e. The highest BCUT2D eigenvalue weighted by Crippen LogP contribution is 2.35. The molecule has 1 aliphatic heterocycles. The number of nitro benzene ring substituents is 1. The van der Waals surface area contributed by atoms with E-state index in [2.05, 4.69) is 10.3 Å². The number of anilines is 1. The molecule has 0 atom stereocenters. The Hall–Kier alpha value is -3.89. The maximum atomic E-state index is 13.3. The normalized spacial score (nSPS) is 14.9. The lowest BCUT2D eigenvalue weighted by Crippen LogP contribution is -2.54. The minimum absolute atomic E-state index is 0.0211. The topological polar surface area (TPSA) is 105 Å². The molecule has 1 fully saturated rings. The summed E-state index contributed by atoms with van der Waals surface area (Å²) in [6.07, 6.45) is 2.93. The van der Waals surface area contributed by atoms with Crippen LogP contribution in [-0.2, 0) is 9.59 Å². The molecule has 1 aliphatic rings. The number of nitrogens with one attached hydrogen (secondary N) is 1. The fourth-order valence-electron chi connectivity index (χ4n) is 3.47. The van der Waals surface area contributed by atoms with Crippen LogP contribution >= 0.6 is 24.0 Å². The molecule has 0 spiro atoms. The number of aromatic nitrogens is 1. The number of aryl methyl sites for hydroxylation is 2. The highest BCUT2D eigenvalue weighted by atomic mass is 32.2. The van der Waals surface area contributed by atoms with Gasteiger partial charge in [-0.2, -0.15) is 0 Å².